The van der Waals surface area contributed by atoms with Gasteiger partial charge in [0.2, 0.25) is 5.91 Å². The van der Waals surface area contributed by atoms with Gasteiger partial charge < -0.3 is 15.4 Å². The molecule has 2 N–H and O–H groups in total. The van der Waals surface area contributed by atoms with Crippen LogP contribution in [-0.2, 0) is 4.79 Å². The lowest BCUT2D eigenvalue weighted by Gasteiger charge is -2.26. The normalized spacial score (nSPS) is 16.1. The van der Waals surface area contributed by atoms with E-state index in [-0.39, 0.29) is 24.4 Å². The Morgan fingerprint density at radius 1 is 1.26 bits per heavy atom. The quantitative estimate of drug-likeness (QED) is 0.905. The fourth-order valence-corrected chi connectivity index (χ4v) is 3.33. The van der Waals surface area contributed by atoms with Crippen LogP contribution in [0.2, 0.25) is 0 Å². The third-order valence-corrected chi connectivity index (χ3v) is 4.67. The second kappa shape index (κ2) is 6.83. The van der Waals surface area contributed by atoms with Gasteiger partial charge in [0.05, 0.1) is 24.1 Å². The maximum absolute atomic E-state index is 12.1. The van der Waals surface area contributed by atoms with Crippen LogP contribution in [0.25, 0.3) is 0 Å². The predicted octanol–water partition coefficient (Wildman–Crippen LogP) is 2.43. The molecule has 1 aliphatic rings. The Hall–Kier alpha value is -2.34. The average molecular weight is 330 g/mol. The zero-order valence-electron chi connectivity index (χ0n) is 12.8. The summed E-state index contributed by atoms with van der Waals surface area (Å²) >= 11 is 1.41. The lowest BCUT2D eigenvalue weighted by molar-refractivity contribution is -0.121. The van der Waals surface area contributed by atoms with E-state index in [4.69, 9.17) is 4.74 Å². The molecule has 23 heavy (non-hydrogen) atoms. The summed E-state index contributed by atoms with van der Waals surface area (Å²) in [6.07, 6.45) is 0.723. The highest BCUT2D eigenvalue weighted by Crippen LogP contribution is 2.31. The van der Waals surface area contributed by atoms with Gasteiger partial charge in [0.1, 0.15) is 5.75 Å². The first-order valence-electron chi connectivity index (χ1n) is 7.49. The zero-order chi connectivity index (χ0) is 16.2. The molecule has 2 amide bonds. The van der Waals surface area contributed by atoms with Crippen molar-refractivity contribution in [1.82, 2.24) is 10.6 Å². The fourth-order valence-electron chi connectivity index (χ4n) is 2.54. The minimum Gasteiger partial charge on any atom is -0.493 e. The molecule has 0 bridgehead atoms. The van der Waals surface area contributed by atoms with Gasteiger partial charge in [-0.05, 0) is 25.1 Å². The Labute approximate surface area is 138 Å². The van der Waals surface area contributed by atoms with Crippen LogP contribution in [0.4, 0.5) is 0 Å². The first-order valence-corrected chi connectivity index (χ1v) is 8.31. The van der Waals surface area contributed by atoms with Gasteiger partial charge in [-0.15, -0.1) is 11.3 Å². The third-order valence-electron chi connectivity index (χ3n) is 3.67. The predicted molar refractivity (Wildman–Crippen MR) is 88.8 cm³/mol. The van der Waals surface area contributed by atoms with Crippen LogP contribution in [0, 0.1) is 6.92 Å². The van der Waals surface area contributed by atoms with Crippen molar-refractivity contribution >= 4 is 23.2 Å². The van der Waals surface area contributed by atoms with E-state index >= 15 is 0 Å². The summed E-state index contributed by atoms with van der Waals surface area (Å²) in [5.41, 5.74) is 0.979. The molecule has 1 aromatic carbocycles. The van der Waals surface area contributed by atoms with Crippen molar-refractivity contribution in [2.75, 3.05) is 13.2 Å². The molecule has 0 fully saturated rings. The van der Waals surface area contributed by atoms with Crippen molar-refractivity contribution < 1.29 is 14.3 Å². The van der Waals surface area contributed by atoms with Gasteiger partial charge in [0, 0.05) is 16.9 Å². The second-order valence-electron chi connectivity index (χ2n) is 5.39. The number of aryl methyl sites for hydroxylation is 1. The number of carbonyl (C=O) groups is 2. The van der Waals surface area contributed by atoms with E-state index in [1.54, 1.807) is 6.07 Å². The third kappa shape index (κ3) is 3.71. The highest BCUT2D eigenvalue weighted by Gasteiger charge is 2.22. The number of thiophene rings is 1. The lowest BCUT2D eigenvalue weighted by Crippen LogP contribution is -2.39. The van der Waals surface area contributed by atoms with Crippen molar-refractivity contribution in [2.45, 2.75) is 19.4 Å². The Morgan fingerprint density at radius 2 is 2.09 bits per heavy atom. The van der Waals surface area contributed by atoms with E-state index in [1.807, 2.05) is 37.3 Å². The van der Waals surface area contributed by atoms with Crippen LogP contribution in [0.5, 0.6) is 5.75 Å². The molecule has 1 aliphatic heterocycles. The maximum Gasteiger partial charge on any atom is 0.261 e. The van der Waals surface area contributed by atoms with Gasteiger partial charge in [-0.3, -0.25) is 9.59 Å². The molecule has 0 aliphatic carbocycles. The van der Waals surface area contributed by atoms with Crippen molar-refractivity contribution in [3.05, 3.63) is 51.7 Å². The van der Waals surface area contributed by atoms with E-state index in [1.165, 1.54) is 11.3 Å². The summed E-state index contributed by atoms with van der Waals surface area (Å²) in [7, 11) is 0. The number of rotatable bonds is 4. The fraction of sp³-hybridized carbons (Fsp3) is 0.294. The second-order valence-corrected chi connectivity index (χ2v) is 6.68. The van der Waals surface area contributed by atoms with E-state index in [2.05, 4.69) is 10.6 Å². The minimum atomic E-state index is -0.217. The molecule has 0 saturated heterocycles. The van der Waals surface area contributed by atoms with Crippen LogP contribution in [-0.4, -0.2) is 25.0 Å². The smallest absolute Gasteiger partial charge is 0.261 e. The van der Waals surface area contributed by atoms with Crippen LogP contribution >= 0.6 is 11.3 Å². The monoisotopic (exact) mass is 330 g/mol. The number of fused-ring (bicyclic) bond motifs is 1. The molecule has 0 spiro atoms. The van der Waals surface area contributed by atoms with Crippen LogP contribution in [0.15, 0.2) is 36.4 Å². The number of carbonyl (C=O) groups excluding carboxylic acids is 2. The van der Waals surface area contributed by atoms with Crippen molar-refractivity contribution in [3.63, 3.8) is 0 Å². The summed E-state index contributed by atoms with van der Waals surface area (Å²) in [6, 6.07) is 11.3. The highest BCUT2D eigenvalue weighted by atomic mass is 32.1. The molecule has 0 saturated carbocycles. The first kappa shape index (κ1) is 15.6. The molecule has 1 atom stereocenters. The standard InChI is InChI=1S/C17H18N2O3S/c1-11-6-7-15(23-11)17(21)18-10-16(20)19-13-8-9-22-14-5-3-2-4-12(13)14/h2-7,13H,8-10H2,1H3,(H,18,21)(H,19,20)/t13-/m0/s1. The molecular weight excluding hydrogens is 312 g/mol. The van der Waals surface area contributed by atoms with Crippen LogP contribution in [0.3, 0.4) is 0 Å². The summed E-state index contributed by atoms with van der Waals surface area (Å²) in [5.74, 6) is 0.390. The molecule has 0 radical (unpaired) electrons. The Morgan fingerprint density at radius 3 is 2.87 bits per heavy atom. The number of para-hydroxylation sites is 1. The number of hydrogen-bond acceptors (Lipinski definition) is 4. The van der Waals surface area contributed by atoms with Crippen LogP contribution < -0.4 is 15.4 Å². The Kier molecular flexibility index (Phi) is 4.62. The summed E-state index contributed by atoms with van der Waals surface area (Å²) in [6.45, 7) is 2.48. The lowest BCUT2D eigenvalue weighted by atomic mass is 10.0. The molecule has 3 rings (SSSR count). The zero-order valence-corrected chi connectivity index (χ0v) is 13.6. The van der Waals surface area contributed by atoms with E-state index in [9.17, 15) is 9.59 Å². The number of ether oxygens (including phenoxy) is 1. The number of nitrogens with one attached hydrogen (secondary N) is 2. The van der Waals surface area contributed by atoms with Gasteiger partial charge in [0.25, 0.3) is 5.91 Å². The van der Waals surface area contributed by atoms with Crippen LogP contribution in [0.1, 0.15) is 32.6 Å². The number of hydrogen-bond donors (Lipinski definition) is 2. The van der Waals surface area contributed by atoms with Crippen molar-refractivity contribution in [1.29, 1.82) is 0 Å². The topological polar surface area (TPSA) is 67.4 Å². The van der Waals surface area contributed by atoms with Crippen molar-refractivity contribution in [2.24, 2.45) is 0 Å². The first-order chi connectivity index (χ1) is 11.1. The van der Waals surface area contributed by atoms with Gasteiger partial charge in [0.15, 0.2) is 0 Å². The molecule has 120 valence electrons. The molecular formula is C17H18N2O3S. The van der Waals surface area contributed by atoms with Gasteiger partial charge in [-0.1, -0.05) is 18.2 Å². The van der Waals surface area contributed by atoms with E-state index in [0.29, 0.717) is 11.5 Å². The Bertz CT molecular complexity index is 726. The molecule has 6 heteroatoms. The largest absolute Gasteiger partial charge is 0.493 e. The van der Waals surface area contributed by atoms with E-state index < -0.39 is 0 Å². The molecule has 2 aromatic rings. The van der Waals surface area contributed by atoms with Crippen molar-refractivity contribution in [3.8, 4) is 5.75 Å². The number of amides is 2. The van der Waals surface area contributed by atoms with E-state index in [0.717, 1.165) is 22.6 Å². The molecule has 1 aromatic heterocycles. The van der Waals surface area contributed by atoms with Gasteiger partial charge in [-0.25, -0.2) is 0 Å². The molecule has 2 heterocycles. The Balaban J connectivity index is 1.55. The molecule has 0 unspecified atom stereocenters. The average Bonchev–Trinajstić information content (AvgIpc) is 2.99. The summed E-state index contributed by atoms with van der Waals surface area (Å²) in [4.78, 5) is 25.7. The van der Waals surface area contributed by atoms with Gasteiger partial charge in [-0.2, -0.15) is 0 Å². The number of benzene rings is 1. The van der Waals surface area contributed by atoms with Gasteiger partial charge >= 0.3 is 0 Å². The minimum absolute atomic E-state index is 0.0324. The summed E-state index contributed by atoms with van der Waals surface area (Å²) < 4.78 is 5.57. The highest BCUT2D eigenvalue weighted by molar-refractivity contribution is 7.13. The molecule has 5 nitrogen and oxygen atoms in total. The SMILES string of the molecule is Cc1ccc(C(=O)NCC(=O)N[C@H]2CCOc3ccccc32)s1. The summed E-state index contributed by atoms with van der Waals surface area (Å²) in [5, 5.41) is 5.61. The maximum atomic E-state index is 12.1.